The summed E-state index contributed by atoms with van der Waals surface area (Å²) in [4.78, 5) is 16.5. The first-order chi connectivity index (χ1) is 11.2. The lowest BCUT2D eigenvalue weighted by Crippen LogP contribution is -2.37. The first kappa shape index (κ1) is 15.6. The van der Waals surface area contributed by atoms with Gasteiger partial charge in [0.25, 0.3) is 5.89 Å². The van der Waals surface area contributed by atoms with Crippen LogP contribution >= 0.6 is 0 Å². The van der Waals surface area contributed by atoms with Crippen molar-refractivity contribution in [3.05, 3.63) is 36.2 Å². The van der Waals surface area contributed by atoms with Gasteiger partial charge in [0.1, 0.15) is 6.10 Å². The minimum absolute atomic E-state index is 0.0316. The third-order valence-corrected chi connectivity index (χ3v) is 3.87. The van der Waals surface area contributed by atoms with E-state index in [1.54, 1.807) is 0 Å². The second kappa shape index (κ2) is 6.89. The molecule has 1 saturated heterocycles. The van der Waals surface area contributed by atoms with Crippen LogP contribution in [-0.2, 0) is 9.53 Å². The van der Waals surface area contributed by atoms with E-state index in [2.05, 4.69) is 15.5 Å². The molecule has 7 heteroatoms. The molecule has 0 aliphatic carbocycles. The van der Waals surface area contributed by atoms with Crippen LogP contribution in [0.3, 0.4) is 0 Å². The topological polar surface area (TPSA) is 103 Å². The number of nitrogens with one attached hydrogen (secondary N) is 1. The van der Waals surface area contributed by atoms with Gasteiger partial charge in [-0.2, -0.15) is 4.98 Å². The first-order valence-electron chi connectivity index (χ1n) is 7.72. The Morgan fingerprint density at radius 2 is 2.17 bits per heavy atom. The Kier molecular flexibility index (Phi) is 4.68. The highest BCUT2D eigenvalue weighted by Gasteiger charge is 2.31. The van der Waals surface area contributed by atoms with Crippen LogP contribution in [-0.4, -0.2) is 34.8 Å². The molecule has 1 fully saturated rings. The van der Waals surface area contributed by atoms with Gasteiger partial charge in [-0.25, -0.2) is 0 Å². The number of hydrogen-bond acceptors (Lipinski definition) is 6. The summed E-state index contributed by atoms with van der Waals surface area (Å²) in [6, 6.07) is 9.13. The highest BCUT2D eigenvalue weighted by Crippen LogP contribution is 2.21. The number of amides is 1. The fraction of sp³-hybridized carbons (Fsp3) is 0.438. The quantitative estimate of drug-likeness (QED) is 0.864. The molecule has 1 aromatic carbocycles. The van der Waals surface area contributed by atoms with Gasteiger partial charge in [0.05, 0.1) is 12.1 Å². The third kappa shape index (κ3) is 3.57. The molecule has 122 valence electrons. The van der Waals surface area contributed by atoms with Crippen molar-refractivity contribution in [2.75, 3.05) is 6.54 Å². The van der Waals surface area contributed by atoms with Crippen molar-refractivity contribution in [2.45, 2.75) is 38.0 Å². The number of ether oxygens (including phenoxy) is 1. The zero-order chi connectivity index (χ0) is 16.2. The maximum Gasteiger partial charge on any atom is 0.257 e. The molecular weight excluding hydrogens is 296 g/mol. The number of nitrogens with zero attached hydrogens (tertiary/aromatic N) is 2. The second-order valence-electron chi connectivity index (χ2n) is 5.61. The Hall–Kier alpha value is -2.25. The van der Waals surface area contributed by atoms with E-state index in [0.29, 0.717) is 24.7 Å². The maximum atomic E-state index is 12.2. The van der Waals surface area contributed by atoms with Crippen LogP contribution in [0.1, 0.15) is 31.6 Å². The molecular formula is C16H20N4O3. The van der Waals surface area contributed by atoms with Crippen LogP contribution in [0.2, 0.25) is 0 Å². The summed E-state index contributed by atoms with van der Waals surface area (Å²) in [7, 11) is 0. The average molecular weight is 316 g/mol. The molecule has 0 spiro atoms. The van der Waals surface area contributed by atoms with Gasteiger partial charge in [-0.1, -0.05) is 23.4 Å². The largest absolute Gasteiger partial charge is 0.364 e. The number of aromatic nitrogens is 2. The summed E-state index contributed by atoms with van der Waals surface area (Å²) >= 11 is 0. The number of rotatable bonds is 5. The van der Waals surface area contributed by atoms with Gasteiger partial charge in [-0.3, -0.25) is 4.79 Å². The summed E-state index contributed by atoms with van der Waals surface area (Å²) in [5.41, 5.74) is 6.40. The Morgan fingerprint density at radius 1 is 1.39 bits per heavy atom. The first-order valence-corrected chi connectivity index (χ1v) is 7.72. The highest BCUT2D eigenvalue weighted by molar-refractivity contribution is 5.81. The molecule has 1 unspecified atom stereocenters. The Labute approximate surface area is 134 Å². The third-order valence-electron chi connectivity index (χ3n) is 3.87. The minimum atomic E-state index is -0.452. The van der Waals surface area contributed by atoms with Crippen molar-refractivity contribution in [1.82, 2.24) is 15.5 Å². The summed E-state index contributed by atoms with van der Waals surface area (Å²) in [5.74, 6) is 0.701. The molecule has 3 rings (SSSR count). The smallest absolute Gasteiger partial charge is 0.257 e. The zero-order valence-corrected chi connectivity index (χ0v) is 12.9. The van der Waals surface area contributed by atoms with Crippen molar-refractivity contribution in [2.24, 2.45) is 5.73 Å². The molecule has 0 saturated carbocycles. The van der Waals surface area contributed by atoms with E-state index < -0.39 is 6.10 Å². The lowest BCUT2D eigenvalue weighted by atomic mass is 10.2. The molecule has 1 amide bonds. The molecule has 3 N–H and O–H groups in total. The van der Waals surface area contributed by atoms with Crippen molar-refractivity contribution in [1.29, 1.82) is 0 Å². The summed E-state index contributed by atoms with van der Waals surface area (Å²) in [6.07, 6.45) is 1.01. The van der Waals surface area contributed by atoms with Crippen molar-refractivity contribution < 1.29 is 14.1 Å². The summed E-state index contributed by atoms with van der Waals surface area (Å²) in [5, 5.41) is 6.80. The van der Waals surface area contributed by atoms with Gasteiger partial charge in [0.15, 0.2) is 5.82 Å². The van der Waals surface area contributed by atoms with Crippen LogP contribution in [0, 0.1) is 0 Å². The Balaban J connectivity index is 1.61. The maximum absolute atomic E-state index is 12.2. The standard InChI is InChI=1S/C16H20N4O3/c1-10(18-15(21)13-8-7-12(9-17)22-13)14-19-16(23-20-14)11-5-3-2-4-6-11/h2-6,10,12-13H,7-9,17H2,1H3,(H,18,21)/t10?,12-,13+/m1/s1. The van der Waals surface area contributed by atoms with Gasteiger partial charge in [0, 0.05) is 12.1 Å². The molecule has 3 atom stereocenters. The molecule has 2 aromatic rings. The average Bonchev–Trinajstić information content (AvgIpc) is 3.25. The highest BCUT2D eigenvalue weighted by atomic mass is 16.5. The molecule has 0 radical (unpaired) electrons. The lowest BCUT2D eigenvalue weighted by Gasteiger charge is -2.15. The summed E-state index contributed by atoms with van der Waals surface area (Å²) in [6.45, 7) is 2.25. The van der Waals surface area contributed by atoms with Gasteiger partial charge in [-0.05, 0) is 31.9 Å². The van der Waals surface area contributed by atoms with Crippen LogP contribution in [0.25, 0.3) is 11.5 Å². The normalized spacial score (nSPS) is 22.0. The van der Waals surface area contributed by atoms with Crippen molar-refractivity contribution >= 4 is 5.91 Å². The van der Waals surface area contributed by atoms with Gasteiger partial charge >= 0.3 is 0 Å². The molecule has 0 bridgehead atoms. The number of hydrogen-bond donors (Lipinski definition) is 2. The number of nitrogens with two attached hydrogens (primary N) is 1. The van der Waals surface area contributed by atoms with E-state index >= 15 is 0 Å². The SMILES string of the molecule is CC(NC(=O)[C@@H]1CC[C@H](CN)O1)c1noc(-c2ccccc2)n1. The van der Waals surface area contributed by atoms with E-state index in [1.807, 2.05) is 37.3 Å². The predicted molar refractivity (Wildman–Crippen MR) is 83.2 cm³/mol. The van der Waals surface area contributed by atoms with Crippen molar-refractivity contribution in [3.63, 3.8) is 0 Å². The number of carbonyl (C=O) groups is 1. The predicted octanol–water partition coefficient (Wildman–Crippen LogP) is 1.42. The number of carbonyl (C=O) groups excluding carboxylic acids is 1. The van der Waals surface area contributed by atoms with E-state index in [0.717, 1.165) is 12.0 Å². The molecule has 7 nitrogen and oxygen atoms in total. The van der Waals surface area contributed by atoms with Crippen LogP contribution in [0.4, 0.5) is 0 Å². The lowest BCUT2D eigenvalue weighted by molar-refractivity contribution is -0.132. The molecule has 1 aliphatic heterocycles. The van der Waals surface area contributed by atoms with Crippen molar-refractivity contribution in [3.8, 4) is 11.5 Å². The zero-order valence-electron chi connectivity index (χ0n) is 12.9. The van der Waals surface area contributed by atoms with Gasteiger partial charge in [-0.15, -0.1) is 0 Å². The second-order valence-corrected chi connectivity index (χ2v) is 5.61. The Bertz CT molecular complexity index is 658. The molecule has 23 heavy (non-hydrogen) atoms. The van der Waals surface area contributed by atoms with Gasteiger partial charge < -0.3 is 20.3 Å². The fourth-order valence-corrected chi connectivity index (χ4v) is 2.55. The molecule has 1 aliphatic rings. The summed E-state index contributed by atoms with van der Waals surface area (Å²) < 4.78 is 10.8. The Morgan fingerprint density at radius 3 is 2.87 bits per heavy atom. The molecule has 1 aromatic heterocycles. The van der Waals surface area contributed by atoms with Crippen LogP contribution < -0.4 is 11.1 Å². The van der Waals surface area contributed by atoms with E-state index in [9.17, 15) is 4.79 Å². The number of benzene rings is 1. The van der Waals surface area contributed by atoms with E-state index in [-0.39, 0.29) is 18.1 Å². The van der Waals surface area contributed by atoms with E-state index in [1.165, 1.54) is 0 Å². The fourth-order valence-electron chi connectivity index (χ4n) is 2.55. The van der Waals surface area contributed by atoms with Gasteiger partial charge in [0.2, 0.25) is 5.91 Å². The minimum Gasteiger partial charge on any atom is -0.364 e. The van der Waals surface area contributed by atoms with E-state index in [4.69, 9.17) is 15.0 Å². The van der Waals surface area contributed by atoms with Crippen LogP contribution in [0.15, 0.2) is 34.9 Å². The molecule has 2 heterocycles. The van der Waals surface area contributed by atoms with Crippen LogP contribution in [0.5, 0.6) is 0 Å². The monoisotopic (exact) mass is 316 g/mol.